The standard InChI is InChI=1S/C17H15F3N4O4S/c18-17(19,20)28-15-6-1-2-7-16(15)29(25,26)23-13-4-3-5-14(10-13)27-9-8-24-12-21-11-22-24/h1-7,10-12,23H,8-9H2. The first-order valence-electron chi connectivity index (χ1n) is 8.16. The molecule has 0 aliphatic heterocycles. The number of aromatic nitrogens is 3. The zero-order valence-corrected chi connectivity index (χ0v) is 15.5. The molecule has 0 saturated carbocycles. The second kappa shape index (κ2) is 8.39. The summed E-state index contributed by atoms with van der Waals surface area (Å²) in [7, 11) is -4.34. The number of nitrogens with one attached hydrogen (secondary N) is 1. The van der Waals surface area contributed by atoms with Crippen LogP contribution in [0.15, 0.2) is 66.1 Å². The maximum absolute atomic E-state index is 12.6. The minimum atomic E-state index is -5.02. The maximum Gasteiger partial charge on any atom is 0.573 e. The zero-order valence-electron chi connectivity index (χ0n) is 14.7. The highest BCUT2D eigenvalue weighted by Crippen LogP contribution is 2.31. The molecule has 0 atom stereocenters. The third-order valence-corrected chi connectivity index (χ3v) is 4.93. The molecular weight excluding hydrogens is 413 g/mol. The van der Waals surface area contributed by atoms with Gasteiger partial charge in [-0.3, -0.25) is 4.72 Å². The van der Waals surface area contributed by atoms with Crippen molar-refractivity contribution in [3.05, 3.63) is 61.2 Å². The largest absolute Gasteiger partial charge is 0.573 e. The van der Waals surface area contributed by atoms with Gasteiger partial charge in [0.15, 0.2) is 0 Å². The van der Waals surface area contributed by atoms with Gasteiger partial charge in [-0.25, -0.2) is 18.1 Å². The molecule has 12 heteroatoms. The van der Waals surface area contributed by atoms with E-state index in [-0.39, 0.29) is 12.3 Å². The Balaban J connectivity index is 1.72. The van der Waals surface area contributed by atoms with Crippen LogP contribution in [0.1, 0.15) is 0 Å². The Labute approximate surface area is 164 Å². The molecule has 0 fully saturated rings. The van der Waals surface area contributed by atoms with Gasteiger partial charge in [-0.1, -0.05) is 18.2 Å². The van der Waals surface area contributed by atoms with Crippen molar-refractivity contribution in [1.29, 1.82) is 0 Å². The molecule has 0 radical (unpaired) electrons. The SMILES string of the molecule is O=S(=O)(Nc1cccc(OCCn2cncn2)c1)c1ccccc1OC(F)(F)F. The average Bonchev–Trinajstić information content (AvgIpc) is 3.14. The number of rotatable bonds is 8. The first-order valence-corrected chi connectivity index (χ1v) is 9.64. The van der Waals surface area contributed by atoms with Gasteiger partial charge in [0.2, 0.25) is 0 Å². The molecule has 0 spiro atoms. The summed E-state index contributed by atoms with van der Waals surface area (Å²) >= 11 is 0. The zero-order chi connectivity index (χ0) is 20.9. The van der Waals surface area contributed by atoms with Crippen molar-refractivity contribution in [2.24, 2.45) is 0 Å². The molecule has 0 aliphatic rings. The summed E-state index contributed by atoms with van der Waals surface area (Å²) in [6.45, 7) is 0.680. The number of anilines is 1. The van der Waals surface area contributed by atoms with E-state index in [1.165, 1.54) is 36.9 Å². The molecule has 1 aromatic heterocycles. The Morgan fingerprint density at radius 2 is 1.90 bits per heavy atom. The number of hydrogen-bond acceptors (Lipinski definition) is 6. The molecule has 3 rings (SSSR count). The van der Waals surface area contributed by atoms with Gasteiger partial charge in [0.05, 0.1) is 12.2 Å². The highest BCUT2D eigenvalue weighted by Gasteiger charge is 2.34. The van der Waals surface area contributed by atoms with Crippen LogP contribution >= 0.6 is 0 Å². The summed E-state index contributed by atoms with van der Waals surface area (Å²) in [6, 6.07) is 10.5. The summed E-state index contributed by atoms with van der Waals surface area (Å²) in [6.07, 6.45) is -2.12. The molecular formula is C17H15F3N4O4S. The first-order chi connectivity index (χ1) is 13.7. The van der Waals surface area contributed by atoms with Gasteiger partial charge in [0.25, 0.3) is 10.0 Å². The number of hydrogen-bond donors (Lipinski definition) is 1. The predicted octanol–water partition coefficient (Wildman–Crippen LogP) is 3.06. The molecule has 8 nitrogen and oxygen atoms in total. The lowest BCUT2D eigenvalue weighted by molar-refractivity contribution is -0.275. The average molecular weight is 428 g/mol. The molecule has 0 aliphatic carbocycles. The minimum absolute atomic E-state index is 0.116. The van der Waals surface area contributed by atoms with E-state index in [9.17, 15) is 21.6 Å². The van der Waals surface area contributed by atoms with Crippen LogP contribution in [0, 0.1) is 0 Å². The van der Waals surface area contributed by atoms with Gasteiger partial charge < -0.3 is 9.47 Å². The van der Waals surface area contributed by atoms with E-state index < -0.39 is 27.0 Å². The van der Waals surface area contributed by atoms with E-state index in [1.807, 2.05) is 0 Å². The van der Waals surface area contributed by atoms with Crippen molar-refractivity contribution in [3.63, 3.8) is 0 Å². The van der Waals surface area contributed by atoms with Crippen LogP contribution in [0.5, 0.6) is 11.5 Å². The minimum Gasteiger partial charge on any atom is -0.492 e. The van der Waals surface area contributed by atoms with E-state index in [2.05, 4.69) is 19.5 Å². The molecule has 1 heterocycles. The van der Waals surface area contributed by atoms with Crippen LogP contribution in [0.4, 0.5) is 18.9 Å². The Morgan fingerprint density at radius 3 is 2.62 bits per heavy atom. The van der Waals surface area contributed by atoms with Crippen molar-refractivity contribution in [2.75, 3.05) is 11.3 Å². The monoisotopic (exact) mass is 428 g/mol. The van der Waals surface area contributed by atoms with Crippen molar-refractivity contribution in [1.82, 2.24) is 14.8 Å². The van der Waals surface area contributed by atoms with E-state index >= 15 is 0 Å². The summed E-state index contributed by atoms with van der Waals surface area (Å²) in [5, 5.41) is 3.92. The second-order valence-electron chi connectivity index (χ2n) is 5.63. The molecule has 154 valence electrons. The van der Waals surface area contributed by atoms with E-state index in [1.54, 1.807) is 16.8 Å². The lowest BCUT2D eigenvalue weighted by Gasteiger charge is -2.15. The quantitative estimate of drug-likeness (QED) is 0.593. The number of nitrogens with zero attached hydrogens (tertiary/aromatic N) is 3. The van der Waals surface area contributed by atoms with Crippen LogP contribution in [0.25, 0.3) is 0 Å². The summed E-state index contributed by atoms with van der Waals surface area (Å²) in [5.74, 6) is -0.460. The van der Waals surface area contributed by atoms with Gasteiger partial charge in [-0.05, 0) is 24.3 Å². The van der Waals surface area contributed by atoms with Crippen molar-refractivity contribution in [2.45, 2.75) is 17.8 Å². The topological polar surface area (TPSA) is 95.3 Å². The highest BCUT2D eigenvalue weighted by atomic mass is 32.2. The number of sulfonamides is 1. The van der Waals surface area contributed by atoms with Gasteiger partial charge in [-0.15, -0.1) is 13.2 Å². The molecule has 0 amide bonds. The first kappa shape index (κ1) is 20.5. The fourth-order valence-corrected chi connectivity index (χ4v) is 3.53. The fourth-order valence-electron chi connectivity index (χ4n) is 2.35. The smallest absolute Gasteiger partial charge is 0.492 e. The summed E-state index contributed by atoms with van der Waals surface area (Å²) < 4.78 is 75.9. The Morgan fingerprint density at radius 1 is 1.10 bits per heavy atom. The normalized spacial score (nSPS) is 11.8. The lowest BCUT2D eigenvalue weighted by atomic mass is 10.3. The Bertz CT molecular complexity index is 1060. The van der Waals surface area contributed by atoms with Crippen LogP contribution in [0.3, 0.4) is 0 Å². The van der Waals surface area contributed by atoms with Gasteiger partial charge >= 0.3 is 6.36 Å². The number of benzene rings is 2. The Hall–Kier alpha value is -3.28. The molecule has 0 bridgehead atoms. The maximum atomic E-state index is 12.6. The number of ether oxygens (including phenoxy) is 2. The number of para-hydroxylation sites is 1. The number of alkyl halides is 3. The van der Waals surface area contributed by atoms with Crippen LogP contribution in [-0.2, 0) is 16.6 Å². The Kier molecular flexibility index (Phi) is 5.92. The molecule has 0 saturated heterocycles. The van der Waals surface area contributed by atoms with E-state index in [4.69, 9.17) is 4.74 Å². The second-order valence-corrected chi connectivity index (χ2v) is 7.29. The molecule has 3 aromatic rings. The fraction of sp³-hybridized carbons (Fsp3) is 0.176. The van der Waals surface area contributed by atoms with Crippen molar-refractivity contribution in [3.8, 4) is 11.5 Å². The van der Waals surface area contributed by atoms with Gasteiger partial charge in [0.1, 0.15) is 35.7 Å². The molecule has 0 unspecified atom stereocenters. The highest BCUT2D eigenvalue weighted by molar-refractivity contribution is 7.92. The number of halogens is 3. The summed E-state index contributed by atoms with van der Waals surface area (Å²) in [5.41, 5.74) is 0.116. The van der Waals surface area contributed by atoms with Crippen LogP contribution in [-0.4, -0.2) is 36.2 Å². The van der Waals surface area contributed by atoms with E-state index in [0.717, 1.165) is 12.1 Å². The van der Waals surface area contributed by atoms with Crippen LogP contribution in [0.2, 0.25) is 0 Å². The lowest BCUT2D eigenvalue weighted by Crippen LogP contribution is -2.20. The van der Waals surface area contributed by atoms with Crippen LogP contribution < -0.4 is 14.2 Å². The third-order valence-electron chi connectivity index (χ3n) is 3.51. The summed E-state index contributed by atoms with van der Waals surface area (Å²) in [4.78, 5) is 3.16. The van der Waals surface area contributed by atoms with E-state index in [0.29, 0.717) is 12.3 Å². The van der Waals surface area contributed by atoms with Gasteiger partial charge in [0, 0.05) is 6.07 Å². The van der Waals surface area contributed by atoms with Gasteiger partial charge in [-0.2, -0.15) is 5.10 Å². The van der Waals surface area contributed by atoms with Crippen molar-refractivity contribution < 1.29 is 31.1 Å². The molecule has 29 heavy (non-hydrogen) atoms. The molecule has 1 N–H and O–H groups in total. The molecule has 2 aromatic carbocycles. The third kappa shape index (κ3) is 5.85. The predicted molar refractivity (Wildman–Crippen MR) is 95.9 cm³/mol. The van der Waals surface area contributed by atoms with Crippen molar-refractivity contribution >= 4 is 15.7 Å².